The molecule has 1 atom stereocenters. The van der Waals surface area contributed by atoms with Crippen molar-refractivity contribution in [2.24, 2.45) is 11.7 Å². The Hall–Kier alpha value is -2.25. The molecule has 3 aliphatic rings. The van der Waals surface area contributed by atoms with Gasteiger partial charge in [0.15, 0.2) is 0 Å². The standard InChI is InChI=1S/C23H32N4O3/c24-11-4-12-26(13-16-5-1-2-6-16)14-17-7-3-8-18-15-27(23(30)21(17)18)19-9-10-20(28)25-22(19)29/h3,7-8,16,19H,1-2,4-6,9-15,24H2,(H,25,28,29). The molecule has 2 aliphatic heterocycles. The van der Waals surface area contributed by atoms with Gasteiger partial charge in [0.1, 0.15) is 6.04 Å². The van der Waals surface area contributed by atoms with Crippen LogP contribution in [0.15, 0.2) is 18.2 Å². The number of carbonyl (C=O) groups excluding carboxylic acids is 3. The molecule has 2 fully saturated rings. The monoisotopic (exact) mass is 412 g/mol. The van der Waals surface area contributed by atoms with E-state index in [0.29, 0.717) is 19.5 Å². The summed E-state index contributed by atoms with van der Waals surface area (Å²) in [6.07, 6.45) is 6.81. The number of nitrogens with two attached hydrogens (primary N) is 1. The van der Waals surface area contributed by atoms with E-state index in [1.165, 1.54) is 25.7 Å². The van der Waals surface area contributed by atoms with Gasteiger partial charge in [-0.25, -0.2) is 0 Å². The molecular formula is C23H32N4O3. The lowest BCUT2D eigenvalue weighted by molar-refractivity contribution is -0.136. The molecule has 4 rings (SSSR count). The Balaban J connectivity index is 1.51. The van der Waals surface area contributed by atoms with Crippen molar-refractivity contribution in [1.82, 2.24) is 15.1 Å². The van der Waals surface area contributed by atoms with E-state index in [0.717, 1.165) is 48.7 Å². The van der Waals surface area contributed by atoms with Crippen LogP contribution in [-0.4, -0.2) is 53.2 Å². The molecule has 1 aromatic carbocycles. The molecule has 7 heteroatoms. The number of nitrogens with one attached hydrogen (secondary N) is 1. The smallest absolute Gasteiger partial charge is 0.255 e. The first-order valence-corrected chi connectivity index (χ1v) is 11.2. The molecule has 1 aromatic rings. The molecular weight excluding hydrogens is 380 g/mol. The SMILES string of the molecule is NCCCN(Cc1cccc2c1C(=O)N(C1CCC(=O)NC1=O)C2)CC1CCCC1. The highest BCUT2D eigenvalue weighted by Crippen LogP contribution is 2.31. The van der Waals surface area contributed by atoms with Crippen LogP contribution in [-0.2, 0) is 22.7 Å². The summed E-state index contributed by atoms with van der Waals surface area (Å²) in [4.78, 5) is 41.2. The Morgan fingerprint density at radius 3 is 2.67 bits per heavy atom. The van der Waals surface area contributed by atoms with Crippen molar-refractivity contribution in [1.29, 1.82) is 0 Å². The highest BCUT2D eigenvalue weighted by Gasteiger charge is 2.40. The summed E-state index contributed by atoms with van der Waals surface area (Å²) in [7, 11) is 0. The predicted octanol–water partition coefficient (Wildman–Crippen LogP) is 1.79. The van der Waals surface area contributed by atoms with Crippen LogP contribution in [0.3, 0.4) is 0 Å². The third-order valence-corrected chi connectivity index (χ3v) is 6.70. The van der Waals surface area contributed by atoms with Gasteiger partial charge in [0.05, 0.1) is 0 Å². The van der Waals surface area contributed by atoms with Gasteiger partial charge < -0.3 is 10.6 Å². The highest BCUT2D eigenvalue weighted by molar-refractivity contribution is 6.05. The molecule has 0 radical (unpaired) electrons. The van der Waals surface area contributed by atoms with Crippen LogP contribution in [0.4, 0.5) is 0 Å². The normalized spacial score (nSPS) is 22.1. The van der Waals surface area contributed by atoms with Gasteiger partial charge in [-0.15, -0.1) is 0 Å². The van der Waals surface area contributed by atoms with E-state index in [9.17, 15) is 14.4 Å². The number of hydrogen-bond donors (Lipinski definition) is 2. The van der Waals surface area contributed by atoms with E-state index in [2.05, 4.69) is 10.2 Å². The van der Waals surface area contributed by atoms with E-state index in [-0.39, 0.29) is 24.1 Å². The van der Waals surface area contributed by atoms with Crippen molar-refractivity contribution >= 4 is 17.7 Å². The van der Waals surface area contributed by atoms with Gasteiger partial charge in [-0.05, 0) is 55.8 Å². The number of piperidine rings is 1. The number of hydrogen-bond acceptors (Lipinski definition) is 5. The van der Waals surface area contributed by atoms with Gasteiger partial charge >= 0.3 is 0 Å². The van der Waals surface area contributed by atoms with Crippen molar-refractivity contribution in [3.8, 4) is 0 Å². The van der Waals surface area contributed by atoms with Gasteiger partial charge in [-0.3, -0.25) is 24.6 Å². The lowest BCUT2D eigenvalue weighted by atomic mass is 10.0. The van der Waals surface area contributed by atoms with Gasteiger partial charge in [-0.2, -0.15) is 0 Å². The van der Waals surface area contributed by atoms with Gasteiger partial charge in [-0.1, -0.05) is 31.0 Å². The Kier molecular flexibility index (Phi) is 6.49. The third kappa shape index (κ3) is 4.42. The van der Waals surface area contributed by atoms with Crippen molar-refractivity contribution in [3.63, 3.8) is 0 Å². The molecule has 1 saturated heterocycles. The highest BCUT2D eigenvalue weighted by atomic mass is 16.2. The van der Waals surface area contributed by atoms with Crippen LogP contribution in [0.1, 0.15) is 66.4 Å². The van der Waals surface area contributed by atoms with Crippen molar-refractivity contribution < 1.29 is 14.4 Å². The maximum Gasteiger partial charge on any atom is 0.255 e. The lowest BCUT2D eigenvalue weighted by Crippen LogP contribution is -2.52. The summed E-state index contributed by atoms with van der Waals surface area (Å²) in [5.74, 6) is 0.0215. The Labute approximate surface area is 178 Å². The number of carbonyl (C=O) groups is 3. The first-order chi connectivity index (χ1) is 14.6. The molecule has 1 saturated carbocycles. The zero-order chi connectivity index (χ0) is 21.1. The number of fused-ring (bicyclic) bond motifs is 1. The molecule has 162 valence electrons. The first kappa shape index (κ1) is 21.0. The van der Waals surface area contributed by atoms with E-state index in [4.69, 9.17) is 5.73 Å². The second kappa shape index (κ2) is 9.27. The summed E-state index contributed by atoms with van der Waals surface area (Å²) >= 11 is 0. The fourth-order valence-electron chi connectivity index (χ4n) is 5.17. The number of amides is 3. The summed E-state index contributed by atoms with van der Waals surface area (Å²) < 4.78 is 0. The zero-order valence-electron chi connectivity index (χ0n) is 17.6. The largest absolute Gasteiger partial charge is 0.330 e. The third-order valence-electron chi connectivity index (χ3n) is 6.70. The van der Waals surface area contributed by atoms with Crippen LogP contribution in [0, 0.1) is 5.92 Å². The number of rotatable bonds is 8. The van der Waals surface area contributed by atoms with Crippen LogP contribution < -0.4 is 11.1 Å². The molecule has 3 amide bonds. The minimum Gasteiger partial charge on any atom is -0.330 e. The van der Waals surface area contributed by atoms with E-state index in [1.54, 1.807) is 4.90 Å². The number of imide groups is 1. The molecule has 3 N–H and O–H groups in total. The quantitative estimate of drug-likeness (QED) is 0.635. The molecule has 7 nitrogen and oxygen atoms in total. The fraction of sp³-hybridized carbons (Fsp3) is 0.609. The summed E-state index contributed by atoms with van der Waals surface area (Å²) in [5.41, 5.74) is 8.51. The number of nitrogens with zero attached hydrogens (tertiary/aromatic N) is 2. The second-order valence-electron chi connectivity index (χ2n) is 8.88. The Bertz CT molecular complexity index is 819. The van der Waals surface area contributed by atoms with Crippen molar-refractivity contribution in [2.75, 3.05) is 19.6 Å². The first-order valence-electron chi connectivity index (χ1n) is 11.2. The van der Waals surface area contributed by atoms with Gasteiger partial charge in [0.25, 0.3) is 5.91 Å². The maximum absolute atomic E-state index is 13.3. The minimum absolute atomic E-state index is 0.0882. The molecule has 0 spiro atoms. The van der Waals surface area contributed by atoms with E-state index in [1.807, 2.05) is 18.2 Å². The molecule has 1 aliphatic carbocycles. The van der Waals surface area contributed by atoms with Crippen molar-refractivity contribution in [2.45, 2.75) is 64.1 Å². The fourth-order valence-corrected chi connectivity index (χ4v) is 5.17. The van der Waals surface area contributed by atoms with Crippen molar-refractivity contribution in [3.05, 3.63) is 34.9 Å². The average Bonchev–Trinajstić information content (AvgIpc) is 3.35. The molecule has 2 heterocycles. The minimum atomic E-state index is -0.567. The summed E-state index contributed by atoms with van der Waals surface area (Å²) in [5, 5.41) is 2.37. The second-order valence-corrected chi connectivity index (χ2v) is 8.88. The predicted molar refractivity (Wildman–Crippen MR) is 113 cm³/mol. The Morgan fingerprint density at radius 2 is 1.93 bits per heavy atom. The topological polar surface area (TPSA) is 95.7 Å². The van der Waals surface area contributed by atoms with Gasteiger partial charge in [0.2, 0.25) is 11.8 Å². The molecule has 0 aromatic heterocycles. The zero-order valence-corrected chi connectivity index (χ0v) is 17.6. The van der Waals surface area contributed by atoms with Gasteiger partial charge in [0, 0.05) is 31.6 Å². The van der Waals surface area contributed by atoms with Crippen LogP contribution in [0.5, 0.6) is 0 Å². The number of benzene rings is 1. The van der Waals surface area contributed by atoms with Crippen LogP contribution >= 0.6 is 0 Å². The van der Waals surface area contributed by atoms with E-state index >= 15 is 0 Å². The maximum atomic E-state index is 13.3. The van der Waals surface area contributed by atoms with Crippen LogP contribution in [0.25, 0.3) is 0 Å². The molecule has 1 unspecified atom stereocenters. The Morgan fingerprint density at radius 1 is 1.13 bits per heavy atom. The molecule has 0 bridgehead atoms. The van der Waals surface area contributed by atoms with E-state index < -0.39 is 6.04 Å². The summed E-state index contributed by atoms with van der Waals surface area (Å²) in [6.45, 7) is 3.81. The lowest BCUT2D eigenvalue weighted by Gasteiger charge is -2.29. The average molecular weight is 413 g/mol. The van der Waals surface area contributed by atoms with Crippen LogP contribution in [0.2, 0.25) is 0 Å². The summed E-state index contributed by atoms with van der Waals surface area (Å²) in [6, 6.07) is 5.45. The molecule has 30 heavy (non-hydrogen) atoms.